The van der Waals surface area contributed by atoms with Gasteiger partial charge in [0.15, 0.2) is 0 Å². The van der Waals surface area contributed by atoms with Crippen LogP contribution >= 0.6 is 0 Å². The number of nitrogens with one attached hydrogen (secondary N) is 1. The van der Waals surface area contributed by atoms with Crippen LogP contribution in [0.4, 0.5) is 5.69 Å². The van der Waals surface area contributed by atoms with E-state index in [-0.39, 0.29) is 11.8 Å². The summed E-state index contributed by atoms with van der Waals surface area (Å²) in [6, 6.07) is 5.99. The Morgan fingerprint density at radius 1 is 1.14 bits per heavy atom. The molecule has 1 heterocycles. The smallest absolute Gasteiger partial charge is 0.251 e. The van der Waals surface area contributed by atoms with E-state index >= 15 is 0 Å². The van der Waals surface area contributed by atoms with Gasteiger partial charge in [-0.05, 0) is 43.0 Å². The quantitative estimate of drug-likeness (QED) is 0.853. The Hall–Kier alpha value is -1.84. The minimum atomic E-state index is 0.0225. The number of carbonyl (C=O) groups is 2. The highest BCUT2D eigenvalue weighted by molar-refractivity contribution is 5.99. The van der Waals surface area contributed by atoms with Crippen molar-refractivity contribution in [2.45, 2.75) is 57.4 Å². The summed E-state index contributed by atoms with van der Waals surface area (Å²) >= 11 is 0. The molecular weight excluding hydrogens is 276 g/mol. The summed E-state index contributed by atoms with van der Waals surface area (Å²) in [5.74, 6) is 0.164. The van der Waals surface area contributed by atoms with E-state index in [4.69, 9.17) is 0 Å². The lowest BCUT2D eigenvalue weighted by Gasteiger charge is -2.26. The van der Waals surface area contributed by atoms with Gasteiger partial charge in [-0.1, -0.05) is 25.7 Å². The normalized spacial score (nSPS) is 19.5. The van der Waals surface area contributed by atoms with Crippen LogP contribution in [0.2, 0.25) is 0 Å². The van der Waals surface area contributed by atoms with Gasteiger partial charge in [0.2, 0.25) is 5.91 Å². The first-order valence-corrected chi connectivity index (χ1v) is 8.35. The lowest BCUT2D eigenvalue weighted by Crippen LogP contribution is -2.35. The van der Waals surface area contributed by atoms with E-state index in [0.29, 0.717) is 18.0 Å². The molecule has 0 aromatic heterocycles. The van der Waals surface area contributed by atoms with Crippen LogP contribution in [0.15, 0.2) is 18.2 Å². The summed E-state index contributed by atoms with van der Waals surface area (Å²) in [6.45, 7) is 0. The number of anilines is 1. The molecule has 0 unspecified atom stereocenters. The number of nitrogens with zero attached hydrogens (tertiary/aromatic N) is 1. The van der Waals surface area contributed by atoms with E-state index in [2.05, 4.69) is 5.32 Å². The van der Waals surface area contributed by atoms with Crippen molar-refractivity contribution >= 4 is 17.5 Å². The highest BCUT2D eigenvalue weighted by Gasteiger charge is 2.22. The van der Waals surface area contributed by atoms with Crippen LogP contribution in [-0.4, -0.2) is 24.9 Å². The number of carbonyl (C=O) groups excluding carboxylic acids is 2. The van der Waals surface area contributed by atoms with Gasteiger partial charge in [-0.3, -0.25) is 9.59 Å². The minimum Gasteiger partial charge on any atom is -0.349 e. The van der Waals surface area contributed by atoms with E-state index in [1.54, 1.807) is 11.9 Å². The molecule has 22 heavy (non-hydrogen) atoms. The first kappa shape index (κ1) is 15.1. The van der Waals surface area contributed by atoms with Gasteiger partial charge in [-0.15, -0.1) is 0 Å². The molecule has 1 aliphatic heterocycles. The summed E-state index contributed by atoms with van der Waals surface area (Å²) in [5.41, 5.74) is 2.74. The summed E-state index contributed by atoms with van der Waals surface area (Å²) in [4.78, 5) is 25.9. The average Bonchev–Trinajstić information content (AvgIpc) is 2.79. The fraction of sp³-hybridized carbons (Fsp3) is 0.556. The number of aryl methyl sites for hydroxylation is 1. The number of fused-ring (bicyclic) bond motifs is 1. The van der Waals surface area contributed by atoms with Crippen LogP contribution in [0.3, 0.4) is 0 Å². The molecule has 0 atom stereocenters. The van der Waals surface area contributed by atoms with Crippen LogP contribution < -0.4 is 10.2 Å². The van der Waals surface area contributed by atoms with Crippen molar-refractivity contribution in [2.24, 2.45) is 0 Å². The van der Waals surface area contributed by atoms with Gasteiger partial charge in [0.1, 0.15) is 0 Å². The number of rotatable bonds is 2. The van der Waals surface area contributed by atoms with Gasteiger partial charge >= 0.3 is 0 Å². The molecule has 1 aliphatic carbocycles. The molecule has 2 amide bonds. The van der Waals surface area contributed by atoms with E-state index in [1.807, 2.05) is 18.2 Å². The third kappa shape index (κ3) is 3.16. The number of hydrogen-bond donors (Lipinski definition) is 1. The summed E-state index contributed by atoms with van der Waals surface area (Å²) < 4.78 is 0. The predicted molar refractivity (Wildman–Crippen MR) is 87.1 cm³/mol. The first-order valence-electron chi connectivity index (χ1n) is 8.35. The van der Waals surface area contributed by atoms with Crippen LogP contribution in [0.1, 0.15) is 60.9 Å². The Labute approximate surface area is 131 Å². The number of benzene rings is 1. The number of amides is 2. The first-order chi connectivity index (χ1) is 10.6. The molecule has 1 aromatic carbocycles. The molecule has 1 aromatic rings. The van der Waals surface area contributed by atoms with E-state index in [9.17, 15) is 9.59 Å². The molecule has 4 nitrogen and oxygen atoms in total. The molecule has 0 radical (unpaired) electrons. The third-order valence-electron chi connectivity index (χ3n) is 4.88. The van der Waals surface area contributed by atoms with Crippen molar-refractivity contribution < 1.29 is 9.59 Å². The van der Waals surface area contributed by atoms with Crippen molar-refractivity contribution in [3.63, 3.8) is 0 Å². The molecule has 0 bridgehead atoms. The maximum Gasteiger partial charge on any atom is 0.251 e. The van der Waals surface area contributed by atoms with Crippen molar-refractivity contribution in [1.29, 1.82) is 0 Å². The van der Waals surface area contributed by atoms with Gasteiger partial charge in [0, 0.05) is 30.8 Å². The second kappa shape index (κ2) is 6.51. The highest BCUT2D eigenvalue weighted by Crippen LogP contribution is 2.27. The molecule has 118 valence electrons. The Morgan fingerprint density at radius 2 is 1.86 bits per heavy atom. The van der Waals surface area contributed by atoms with E-state index in [0.717, 1.165) is 30.5 Å². The van der Waals surface area contributed by atoms with Crippen molar-refractivity contribution in [3.8, 4) is 0 Å². The monoisotopic (exact) mass is 300 g/mol. The zero-order valence-electron chi connectivity index (χ0n) is 13.2. The predicted octanol–water partition coefficient (Wildman–Crippen LogP) is 3.05. The molecule has 4 heteroatoms. The van der Waals surface area contributed by atoms with Crippen LogP contribution in [-0.2, 0) is 11.2 Å². The van der Waals surface area contributed by atoms with Gasteiger partial charge < -0.3 is 10.2 Å². The average molecular weight is 300 g/mol. The van der Waals surface area contributed by atoms with Crippen molar-refractivity contribution in [2.75, 3.05) is 11.9 Å². The summed E-state index contributed by atoms with van der Waals surface area (Å²) in [5, 5.41) is 3.18. The van der Waals surface area contributed by atoms with Crippen molar-refractivity contribution in [1.82, 2.24) is 5.32 Å². The topological polar surface area (TPSA) is 49.4 Å². The molecule has 1 N–H and O–H groups in total. The lowest BCUT2D eigenvalue weighted by atomic mass is 9.98. The lowest BCUT2D eigenvalue weighted by molar-refractivity contribution is -0.118. The van der Waals surface area contributed by atoms with Gasteiger partial charge in [-0.25, -0.2) is 0 Å². The molecular formula is C18H24N2O2. The zero-order chi connectivity index (χ0) is 15.5. The second-order valence-corrected chi connectivity index (χ2v) is 6.46. The molecule has 0 saturated heterocycles. The van der Waals surface area contributed by atoms with E-state index < -0.39 is 0 Å². The Bertz CT molecular complexity index is 574. The molecule has 2 aliphatic rings. The van der Waals surface area contributed by atoms with Gasteiger partial charge in [0.25, 0.3) is 5.91 Å². The SMILES string of the molecule is CN1C(=O)CCc2cc(C(=O)NC3CCCCCC3)ccc21. The van der Waals surface area contributed by atoms with Gasteiger partial charge in [0.05, 0.1) is 0 Å². The molecule has 0 spiro atoms. The summed E-state index contributed by atoms with van der Waals surface area (Å²) in [7, 11) is 1.80. The Kier molecular flexibility index (Phi) is 4.46. The fourth-order valence-electron chi connectivity index (χ4n) is 3.49. The van der Waals surface area contributed by atoms with Crippen LogP contribution in [0, 0.1) is 0 Å². The standard InChI is InChI=1S/C18H24N2O2/c1-20-16-10-8-14(12-13(16)9-11-17(20)21)18(22)19-15-6-4-2-3-5-7-15/h8,10,12,15H,2-7,9,11H2,1H3,(H,19,22). The molecule has 3 rings (SSSR count). The van der Waals surface area contributed by atoms with E-state index in [1.165, 1.54) is 25.7 Å². The largest absolute Gasteiger partial charge is 0.349 e. The van der Waals surface area contributed by atoms with Crippen LogP contribution in [0.5, 0.6) is 0 Å². The zero-order valence-corrected chi connectivity index (χ0v) is 13.2. The van der Waals surface area contributed by atoms with Crippen molar-refractivity contribution in [3.05, 3.63) is 29.3 Å². The number of hydrogen-bond acceptors (Lipinski definition) is 2. The van der Waals surface area contributed by atoms with Crippen LogP contribution in [0.25, 0.3) is 0 Å². The maximum absolute atomic E-state index is 12.5. The minimum absolute atomic E-state index is 0.0225. The maximum atomic E-state index is 12.5. The Balaban J connectivity index is 1.72. The second-order valence-electron chi connectivity index (χ2n) is 6.46. The Morgan fingerprint density at radius 3 is 2.59 bits per heavy atom. The fourth-order valence-corrected chi connectivity index (χ4v) is 3.49. The molecule has 1 fully saturated rings. The third-order valence-corrected chi connectivity index (χ3v) is 4.88. The van der Waals surface area contributed by atoms with Gasteiger partial charge in [-0.2, -0.15) is 0 Å². The summed E-state index contributed by atoms with van der Waals surface area (Å²) in [6.07, 6.45) is 8.42. The highest BCUT2D eigenvalue weighted by atomic mass is 16.2. The molecule has 1 saturated carbocycles.